The van der Waals surface area contributed by atoms with E-state index in [1.165, 1.54) is 38.4 Å². The average molecular weight is 731 g/mol. The van der Waals surface area contributed by atoms with Gasteiger partial charge in [0.25, 0.3) is 5.91 Å². The normalized spacial score (nSPS) is 16.2. The summed E-state index contributed by atoms with van der Waals surface area (Å²) in [4.78, 5) is 23.7. The van der Waals surface area contributed by atoms with E-state index in [0.29, 0.717) is 51.1 Å². The summed E-state index contributed by atoms with van der Waals surface area (Å²) in [5.41, 5.74) is 5.42. The summed E-state index contributed by atoms with van der Waals surface area (Å²) in [6.45, 7) is 0. The van der Waals surface area contributed by atoms with Gasteiger partial charge >= 0.3 is 0 Å². The number of fused-ring (bicyclic) bond motifs is 6. The highest BCUT2D eigenvalue weighted by molar-refractivity contribution is 7.92. The maximum Gasteiger partial charge on any atom is 0.255 e. The van der Waals surface area contributed by atoms with Crippen molar-refractivity contribution in [3.05, 3.63) is 95.6 Å². The minimum Gasteiger partial charge on any atom is -0.455 e. The summed E-state index contributed by atoms with van der Waals surface area (Å²) < 4.78 is 55.0. The molecule has 0 radical (unpaired) electrons. The molecule has 53 heavy (non-hydrogen) atoms. The monoisotopic (exact) mass is 730 g/mol. The van der Waals surface area contributed by atoms with Crippen molar-refractivity contribution in [3.8, 4) is 28.7 Å². The van der Waals surface area contributed by atoms with Gasteiger partial charge in [-0.25, -0.2) is 22.8 Å². The first kappa shape index (κ1) is 34.3. The van der Waals surface area contributed by atoms with Crippen LogP contribution in [0.5, 0.6) is 0 Å². The van der Waals surface area contributed by atoms with Crippen molar-refractivity contribution in [1.82, 2.24) is 19.7 Å². The number of aromatic nitrogens is 3. The number of anilines is 1. The van der Waals surface area contributed by atoms with Gasteiger partial charge in [-0.3, -0.25) is 13.5 Å². The maximum atomic E-state index is 13.9. The lowest BCUT2D eigenvalue weighted by Crippen LogP contribution is -2.25. The Kier molecular flexibility index (Phi) is 8.39. The van der Waals surface area contributed by atoms with E-state index in [0.717, 1.165) is 52.1 Å². The number of hydrogen-bond donors (Lipinski definition) is 1. The molecule has 1 aliphatic rings. The number of rotatable bonds is 8. The molecule has 2 atom stereocenters. The van der Waals surface area contributed by atoms with Crippen LogP contribution in [0.25, 0.3) is 61.0 Å². The number of benzene rings is 3. The van der Waals surface area contributed by atoms with Crippen molar-refractivity contribution in [3.63, 3.8) is 0 Å². The molecule has 7 aromatic rings. The van der Waals surface area contributed by atoms with Gasteiger partial charge in [0.15, 0.2) is 0 Å². The number of carbonyl (C=O) groups is 1. The van der Waals surface area contributed by atoms with Crippen LogP contribution in [0.3, 0.4) is 0 Å². The van der Waals surface area contributed by atoms with Crippen molar-refractivity contribution >= 4 is 60.0 Å². The fourth-order valence-electron chi connectivity index (χ4n) is 7.61. The van der Waals surface area contributed by atoms with Gasteiger partial charge in [0.05, 0.1) is 57.5 Å². The second-order valence-electron chi connectivity index (χ2n) is 13.5. The van der Waals surface area contributed by atoms with Crippen LogP contribution < -0.4 is 9.62 Å². The lowest BCUT2D eigenvalue weighted by atomic mass is 10.0. The van der Waals surface area contributed by atoms with Crippen LogP contribution >= 0.6 is 0 Å². The molecule has 0 bridgehead atoms. The molecule has 3 aromatic carbocycles. The Hall–Kier alpha value is -5.84. The van der Waals surface area contributed by atoms with Gasteiger partial charge < -0.3 is 14.5 Å². The van der Waals surface area contributed by atoms with E-state index in [1.54, 1.807) is 31.4 Å². The molecule has 0 spiro atoms. The third-order valence-electron chi connectivity index (χ3n) is 10.4. The summed E-state index contributed by atoms with van der Waals surface area (Å²) in [7, 11) is 0.917. The molecule has 0 aliphatic heterocycles. The number of sulfonamides is 1. The molecule has 4 aromatic heterocycles. The van der Waals surface area contributed by atoms with Crippen LogP contribution in [0.15, 0.2) is 77.2 Å². The molecule has 268 valence electrons. The van der Waals surface area contributed by atoms with Gasteiger partial charge in [-0.15, -0.1) is 0 Å². The summed E-state index contributed by atoms with van der Waals surface area (Å²) in [6, 6.07) is 22.4. The van der Waals surface area contributed by atoms with Crippen LogP contribution in [0.4, 0.5) is 10.1 Å². The Balaban J connectivity index is 1.39. The molecule has 8 rings (SSSR count). The number of nitriles is 1. The molecule has 1 aliphatic carbocycles. The highest BCUT2D eigenvalue weighted by Crippen LogP contribution is 2.42. The van der Waals surface area contributed by atoms with Crippen LogP contribution in [0.1, 0.15) is 41.0 Å². The predicted molar refractivity (Wildman–Crippen MR) is 202 cm³/mol. The lowest BCUT2D eigenvalue weighted by molar-refractivity contribution is 0.0964. The first-order valence-corrected chi connectivity index (χ1v) is 19.0. The first-order chi connectivity index (χ1) is 25.5. The van der Waals surface area contributed by atoms with Crippen molar-refractivity contribution in [2.75, 3.05) is 31.8 Å². The minimum atomic E-state index is -3.77. The standard InChI is InChI=1S/C40H35FN6O5S/c1-43-40(48)37-29-18-28(33(46(2)53(4,49)50)20-35(29)52-39(37)23-9-11-25(41)12-10-23)30-14-15-31-38(45-30)34-19-27-24(21-42)6-5-7-32(27)47(34)36(44-31)17-22-8-13-26(16-22)51-3/h5-7,9-12,14-15,18-20,22,26H,8,13,16-17H2,1-4H3,(H,43,48)/t22?,26-/m1/s1. The van der Waals surface area contributed by atoms with Crippen molar-refractivity contribution in [2.45, 2.75) is 31.8 Å². The van der Waals surface area contributed by atoms with E-state index in [2.05, 4.69) is 15.8 Å². The second kappa shape index (κ2) is 13.0. The van der Waals surface area contributed by atoms with E-state index < -0.39 is 21.7 Å². The van der Waals surface area contributed by atoms with Gasteiger partial charge in [0.2, 0.25) is 10.0 Å². The molecule has 0 saturated heterocycles. The van der Waals surface area contributed by atoms with E-state index in [-0.39, 0.29) is 28.7 Å². The van der Waals surface area contributed by atoms with Gasteiger partial charge in [-0.1, -0.05) is 6.07 Å². The highest BCUT2D eigenvalue weighted by atomic mass is 32.2. The summed E-state index contributed by atoms with van der Waals surface area (Å²) >= 11 is 0. The predicted octanol–water partition coefficient (Wildman–Crippen LogP) is 7.24. The zero-order valence-electron chi connectivity index (χ0n) is 29.5. The minimum absolute atomic E-state index is 0.210. The molecule has 1 fully saturated rings. The van der Waals surface area contributed by atoms with Gasteiger partial charge in [-0.2, -0.15) is 5.26 Å². The SMILES string of the molecule is CNC(=O)c1c(-c2ccc(F)cc2)oc2cc(N(C)S(C)(=O)=O)c(-c3ccc4nc(CC5CC[C@@H](OC)C5)n5c6cccc(C#N)c6cc5c4n3)cc12. The topological polar surface area (TPSA) is 143 Å². The number of ether oxygens (including phenoxy) is 1. The second-order valence-corrected chi connectivity index (χ2v) is 15.6. The zero-order valence-corrected chi connectivity index (χ0v) is 30.3. The van der Waals surface area contributed by atoms with Crippen molar-refractivity contribution < 1.29 is 26.8 Å². The fourth-order valence-corrected chi connectivity index (χ4v) is 8.11. The lowest BCUT2D eigenvalue weighted by Gasteiger charge is -2.20. The summed E-state index contributed by atoms with van der Waals surface area (Å²) in [5, 5.41) is 13.9. The number of furan rings is 1. The molecule has 1 N–H and O–H groups in total. The van der Waals surface area contributed by atoms with Crippen molar-refractivity contribution in [1.29, 1.82) is 5.26 Å². The van der Waals surface area contributed by atoms with E-state index in [1.807, 2.05) is 24.3 Å². The Labute approximate surface area is 304 Å². The summed E-state index contributed by atoms with van der Waals surface area (Å²) in [6.07, 6.45) is 4.98. The third-order valence-corrected chi connectivity index (χ3v) is 11.6. The Morgan fingerprint density at radius 3 is 2.57 bits per heavy atom. The Morgan fingerprint density at radius 2 is 1.87 bits per heavy atom. The molecule has 1 amide bonds. The smallest absolute Gasteiger partial charge is 0.255 e. The number of hydrogen-bond acceptors (Lipinski definition) is 8. The molecular weight excluding hydrogens is 696 g/mol. The van der Waals surface area contributed by atoms with Gasteiger partial charge in [-0.05, 0) is 85.8 Å². The van der Waals surface area contributed by atoms with Crippen LogP contribution in [0.2, 0.25) is 0 Å². The first-order valence-electron chi connectivity index (χ1n) is 17.2. The van der Waals surface area contributed by atoms with Gasteiger partial charge in [0, 0.05) is 55.6 Å². The number of nitrogens with zero attached hydrogens (tertiary/aromatic N) is 5. The van der Waals surface area contributed by atoms with Crippen molar-refractivity contribution in [2.24, 2.45) is 5.92 Å². The highest BCUT2D eigenvalue weighted by Gasteiger charge is 2.29. The van der Waals surface area contributed by atoms with E-state index in [9.17, 15) is 22.9 Å². The quantitative estimate of drug-likeness (QED) is 0.173. The Morgan fingerprint density at radius 1 is 1.08 bits per heavy atom. The number of nitrogens with one attached hydrogen (secondary N) is 1. The number of pyridine rings is 1. The molecule has 13 heteroatoms. The third kappa shape index (κ3) is 5.84. The average Bonchev–Trinajstić information content (AvgIpc) is 3.89. The fraction of sp³-hybridized carbons (Fsp3) is 0.250. The van der Waals surface area contributed by atoms with E-state index in [4.69, 9.17) is 19.1 Å². The molecule has 11 nitrogen and oxygen atoms in total. The van der Waals surface area contributed by atoms with Crippen LogP contribution in [-0.4, -0.2) is 62.3 Å². The molecule has 1 saturated carbocycles. The number of halogens is 1. The van der Waals surface area contributed by atoms with E-state index >= 15 is 0 Å². The number of carbonyl (C=O) groups excluding carboxylic acids is 1. The largest absolute Gasteiger partial charge is 0.455 e. The van der Waals surface area contributed by atoms with Crippen LogP contribution in [-0.2, 0) is 21.2 Å². The Bertz CT molecular complexity index is 2770. The summed E-state index contributed by atoms with van der Waals surface area (Å²) in [5.74, 6) is 0.565. The molecule has 1 unspecified atom stereocenters. The number of amides is 1. The number of methoxy groups -OCH3 is 1. The zero-order chi connectivity index (χ0) is 37.2. The molecular formula is C40H35FN6O5S. The van der Waals surface area contributed by atoms with Crippen LogP contribution in [0, 0.1) is 23.1 Å². The van der Waals surface area contributed by atoms with Gasteiger partial charge in [0.1, 0.15) is 28.5 Å². The maximum absolute atomic E-state index is 13.9. The molecule has 4 heterocycles.